The van der Waals surface area contributed by atoms with Crippen LogP contribution < -0.4 is 16.6 Å². The number of nitrogens with zero attached hydrogens (tertiary/aromatic N) is 3. The van der Waals surface area contributed by atoms with E-state index in [1.165, 1.54) is 22.2 Å². The van der Waals surface area contributed by atoms with Crippen molar-refractivity contribution in [1.82, 2.24) is 19.7 Å². The number of rotatable bonds is 6. The van der Waals surface area contributed by atoms with Crippen molar-refractivity contribution in [1.29, 1.82) is 0 Å². The molecule has 0 radical (unpaired) electrons. The highest BCUT2D eigenvalue weighted by atomic mass is 32.1. The molecule has 9 nitrogen and oxygen atoms in total. The maximum atomic E-state index is 13.1. The molecule has 1 aromatic carbocycles. The molecule has 4 aromatic rings. The van der Waals surface area contributed by atoms with Gasteiger partial charge in [-0.25, -0.2) is 4.98 Å². The highest BCUT2D eigenvalue weighted by molar-refractivity contribution is 7.17. The summed E-state index contributed by atoms with van der Waals surface area (Å²) in [7, 11) is 0. The molecule has 0 fully saturated rings. The number of primary amides is 1. The number of hydrogen-bond acceptors (Lipinski definition) is 6. The van der Waals surface area contributed by atoms with E-state index in [-0.39, 0.29) is 35.8 Å². The van der Waals surface area contributed by atoms with Gasteiger partial charge in [0.2, 0.25) is 5.91 Å². The summed E-state index contributed by atoms with van der Waals surface area (Å²) in [5, 5.41) is 11.5. The Morgan fingerprint density at radius 1 is 1.23 bits per heavy atom. The van der Waals surface area contributed by atoms with Crippen molar-refractivity contribution in [2.24, 2.45) is 5.73 Å². The smallest absolute Gasteiger partial charge is 0.271 e. The van der Waals surface area contributed by atoms with E-state index in [4.69, 9.17) is 5.73 Å². The van der Waals surface area contributed by atoms with Crippen LogP contribution >= 0.6 is 11.3 Å². The summed E-state index contributed by atoms with van der Waals surface area (Å²) in [6, 6.07) is 7.95. The summed E-state index contributed by atoms with van der Waals surface area (Å²) in [6.07, 6.45) is 1.46. The molecule has 0 saturated heterocycles. The van der Waals surface area contributed by atoms with Gasteiger partial charge in [0.25, 0.3) is 11.5 Å². The van der Waals surface area contributed by atoms with Crippen LogP contribution in [0.25, 0.3) is 21.3 Å². The fourth-order valence-corrected chi connectivity index (χ4v) is 4.16. The third-order valence-electron chi connectivity index (χ3n) is 4.95. The number of H-pyrrole nitrogens is 1. The van der Waals surface area contributed by atoms with Gasteiger partial charge in [-0.15, -0.1) is 11.3 Å². The number of anilines is 1. The summed E-state index contributed by atoms with van der Waals surface area (Å²) in [5.41, 5.74) is 8.72. The van der Waals surface area contributed by atoms with Crippen LogP contribution in [0, 0.1) is 13.8 Å². The maximum absolute atomic E-state index is 13.1. The highest BCUT2D eigenvalue weighted by Crippen LogP contribution is 2.30. The van der Waals surface area contributed by atoms with E-state index >= 15 is 0 Å². The Hall–Kier alpha value is -3.79. The van der Waals surface area contributed by atoms with Crippen LogP contribution in [0.1, 0.15) is 28.2 Å². The maximum Gasteiger partial charge on any atom is 0.271 e. The first-order chi connectivity index (χ1) is 14.8. The summed E-state index contributed by atoms with van der Waals surface area (Å²) in [5.74, 6) is -1.12. The topological polar surface area (TPSA) is 136 Å². The molecule has 0 unspecified atom stereocenters. The zero-order valence-corrected chi connectivity index (χ0v) is 17.7. The molecule has 158 valence electrons. The van der Waals surface area contributed by atoms with Gasteiger partial charge < -0.3 is 11.1 Å². The predicted molar refractivity (Wildman–Crippen MR) is 119 cm³/mol. The fourth-order valence-electron chi connectivity index (χ4n) is 3.26. The summed E-state index contributed by atoms with van der Waals surface area (Å²) >= 11 is 1.41. The second kappa shape index (κ2) is 8.15. The minimum atomic E-state index is -0.744. The minimum Gasteiger partial charge on any atom is -0.364 e. The van der Waals surface area contributed by atoms with E-state index in [2.05, 4.69) is 20.5 Å². The zero-order chi connectivity index (χ0) is 22.1. The molecule has 0 aliphatic rings. The number of aromatic amines is 1. The fraction of sp³-hybridized carbons (Fsp3) is 0.190. The summed E-state index contributed by atoms with van der Waals surface area (Å²) < 4.78 is 1.42. The van der Waals surface area contributed by atoms with Crippen LogP contribution in [0.2, 0.25) is 0 Å². The van der Waals surface area contributed by atoms with Crippen molar-refractivity contribution in [2.75, 3.05) is 5.32 Å². The number of aromatic nitrogens is 4. The van der Waals surface area contributed by atoms with Crippen molar-refractivity contribution < 1.29 is 9.59 Å². The molecule has 4 N–H and O–H groups in total. The lowest BCUT2D eigenvalue weighted by atomic mass is 10.1. The molecule has 31 heavy (non-hydrogen) atoms. The quantitative estimate of drug-likeness (QED) is 0.427. The number of benzene rings is 1. The molecular weight excluding hydrogens is 416 g/mol. The summed E-state index contributed by atoms with van der Waals surface area (Å²) in [6.45, 7) is 3.81. The van der Waals surface area contributed by atoms with Gasteiger partial charge in [-0.1, -0.05) is 29.8 Å². The van der Waals surface area contributed by atoms with Crippen LogP contribution in [0.3, 0.4) is 0 Å². The number of nitrogens with two attached hydrogens (primary N) is 1. The second-order valence-electron chi connectivity index (χ2n) is 7.17. The van der Waals surface area contributed by atoms with Gasteiger partial charge in [0.1, 0.15) is 4.83 Å². The second-order valence-corrected chi connectivity index (χ2v) is 8.03. The van der Waals surface area contributed by atoms with Crippen LogP contribution in [-0.4, -0.2) is 31.6 Å². The number of aryl methyl sites for hydroxylation is 3. The number of nitrogens with one attached hydrogen (secondary N) is 2. The highest BCUT2D eigenvalue weighted by Gasteiger charge is 2.18. The number of hydrogen-bond donors (Lipinski definition) is 3. The van der Waals surface area contributed by atoms with E-state index in [9.17, 15) is 14.4 Å². The van der Waals surface area contributed by atoms with Gasteiger partial charge in [0, 0.05) is 23.9 Å². The Morgan fingerprint density at radius 3 is 2.68 bits per heavy atom. The molecule has 0 aliphatic carbocycles. The number of thiophene rings is 1. The molecule has 4 rings (SSSR count). The molecule has 0 aliphatic heterocycles. The Balaban J connectivity index is 1.56. The van der Waals surface area contributed by atoms with E-state index < -0.39 is 5.91 Å². The lowest BCUT2D eigenvalue weighted by molar-refractivity contribution is -0.116. The van der Waals surface area contributed by atoms with E-state index in [1.54, 1.807) is 6.92 Å². The molecule has 0 saturated carbocycles. The minimum absolute atomic E-state index is 0.0138. The third kappa shape index (κ3) is 3.97. The number of amides is 2. The van der Waals surface area contributed by atoms with E-state index in [1.807, 2.05) is 36.6 Å². The van der Waals surface area contributed by atoms with Crippen LogP contribution in [0.15, 0.2) is 40.8 Å². The van der Waals surface area contributed by atoms with Crippen molar-refractivity contribution in [3.63, 3.8) is 0 Å². The van der Waals surface area contributed by atoms with Gasteiger partial charge in [0.15, 0.2) is 5.69 Å². The van der Waals surface area contributed by atoms with Crippen LogP contribution in [0.5, 0.6) is 0 Å². The van der Waals surface area contributed by atoms with Crippen molar-refractivity contribution >= 4 is 39.1 Å². The van der Waals surface area contributed by atoms with Crippen LogP contribution in [-0.2, 0) is 11.3 Å². The van der Waals surface area contributed by atoms with Crippen molar-refractivity contribution in [3.8, 4) is 11.1 Å². The monoisotopic (exact) mass is 436 g/mol. The normalized spacial score (nSPS) is 11.0. The molecule has 0 spiro atoms. The number of carbonyl (C=O) groups excluding carboxylic acids is 2. The lowest BCUT2D eigenvalue weighted by Gasteiger charge is -2.08. The molecule has 3 aromatic heterocycles. The largest absolute Gasteiger partial charge is 0.364 e. The molecule has 0 bridgehead atoms. The number of carbonyl (C=O) groups is 2. The standard InChI is InChI=1S/C21H20N6O3S/c1-11-3-5-13(6-4-11)14-9-31-20-16(14)21(30)27(10-23-20)8-7-15(28)24-17-12(2)25-26-18(17)19(22)29/h3-6,9-10H,7-8H2,1-2H3,(H2,22,29)(H,24,28)(H,25,26). The SMILES string of the molecule is Cc1ccc(-c2csc3ncn(CCC(=O)Nc4c(C(N)=O)n[nH]c4C)c(=O)c23)cc1. The van der Waals surface area contributed by atoms with Crippen molar-refractivity contribution in [3.05, 3.63) is 63.3 Å². The Kier molecular flexibility index (Phi) is 5.38. The van der Waals surface area contributed by atoms with Gasteiger partial charge in [-0.3, -0.25) is 24.0 Å². The van der Waals surface area contributed by atoms with Gasteiger partial charge >= 0.3 is 0 Å². The van der Waals surface area contributed by atoms with Gasteiger partial charge in [-0.2, -0.15) is 5.10 Å². The Labute approximate surface area is 180 Å². The third-order valence-corrected chi connectivity index (χ3v) is 5.83. The first-order valence-electron chi connectivity index (χ1n) is 9.53. The average molecular weight is 436 g/mol. The van der Waals surface area contributed by atoms with Gasteiger partial charge in [-0.05, 0) is 19.4 Å². The lowest BCUT2D eigenvalue weighted by Crippen LogP contribution is -2.24. The Morgan fingerprint density at radius 2 is 1.97 bits per heavy atom. The van der Waals surface area contributed by atoms with Crippen molar-refractivity contribution in [2.45, 2.75) is 26.8 Å². The average Bonchev–Trinajstić information content (AvgIpc) is 3.33. The molecule has 10 heteroatoms. The predicted octanol–water partition coefficient (Wildman–Crippen LogP) is 2.59. The van der Waals surface area contributed by atoms with E-state index in [0.717, 1.165) is 16.7 Å². The Bertz CT molecular complexity index is 1350. The van der Waals surface area contributed by atoms with Gasteiger partial charge in [0.05, 0.1) is 23.1 Å². The first-order valence-corrected chi connectivity index (χ1v) is 10.4. The molecule has 0 atom stereocenters. The molecule has 3 heterocycles. The first kappa shape index (κ1) is 20.5. The summed E-state index contributed by atoms with van der Waals surface area (Å²) in [4.78, 5) is 42.0. The van der Waals surface area contributed by atoms with Crippen LogP contribution in [0.4, 0.5) is 5.69 Å². The molecular formula is C21H20N6O3S. The molecule has 2 amide bonds. The number of fused-ring (bicyclic) bond motifs is 1. The zero-order valence-electron chi connectivity index (χ0n) is 16.9. The van der Waals surface area contributed by atoms with E-state index in [0.29, 0.717) is 15.9 Å².